The van der Waals surface area contributed by atoms with Crippen LogP contribution in [0.1, 0.15) is 31.4 Å². The van der Waals surface area contributed by atoms with Crippen LogP contribution >= 0.6 is 27.5 Å². The zero-order chi connectivity index (χ0) is 14.5. The average molecular weight is 369 g/mol. The first-order valence-corrected chi connectivity index (χ1v) is 9.43. The van der Waals surface area contributed by atoms with Gasteiger partial charge in [0.2, 0.25) is 0 Å². The second-order valence-corrected chi connectivity index (χ2v) is 8.02. The van der Waals surface area contributed by atoms with Crippen LogP contribution in [0.15, 0.2) is 22.7 Å². The van der Waals surface area contributed by atoms with Gasteiger partial charge >= 0.3 is 0 Å². The Balaban J connectivity index is 2.79. The third kappa shape index (κ3) is 5.81. The third-order valence-corrected chi connectivity index (χ3v) is 5.16. The van der Waals surface area contributed by atoms with Gasteiger partial charge in [0.25, 0.3) is 0 Å². The summed E-state index contributed by atoms with van der Waals surface area (Å²) in [5.41, 5.74) is 1.01. The zero-order valence-electron chi connectivity index (χ0n) is 11.1. The monoisotopic (exact) mass is 367 g/mol. The van der Waals surface area contributed by atoms with E-state index in [2.05, 4.69) is 21.2 Å². The van der Waals surface area contributed by atoms with Crippen LogP contribution in [-0.2, 0) is 9.84 Å². The topological polar surface area (TPSA) is 46.2 Å². The lowest BCUT2D eigenvalue weighted by Gasteiger charge is -2.20. The van der Waals surface area contributed by atoms with Crippen LogP contribution in [0.4, 0.5) is 0 Å². The average Bonchev–Trinajstić information content (AvgIpc) is 2.30. The van der Waals surface area contributed by atoms with E-state index in [1.165, 1.54) is 6.26 Å². The van der Waals surface area contributed by atoms with Crippen LogP contribution < -0.4 is 5.32 Å². The lowest BCUT2D eigenvalue weighted by Crippen LogP contribution is -2.22. The van der Waals surface area contributed by atoms with Gasteiger partial charge in [-0.1, -0.05) is 30.7 Å². The molecule has 1 aromatic rings. The van der Waals surface area contributed by atoms with Crippen LogP contribution in [0.2, 0.25) is 5.02 Å². The molecule has 3 nitrogen and oxygen atoms in total. The Kier molecular flexibility index (Phi) is 6.80. The van der Waals surface area contributed by atoms with Crippen molar-refractivity contribution in [3.63, 3.8) is 0 Å². The summed E-state index contributed by atoms with van der Waals surface area (Å²) in [7, 11) is -2.91. The van der Waals surface area contributed by atoms with E-state index in [-0.39, 0.29) is 11.8 Å². The van der Waals surface area contributed by atoms with Gasteiger partial charge in [-0.2, -0.15) is 0 Å². The number of hydrogen-bond acceptors (Lipinski definition) is 3. The van der Waals surface area contributed by atoms with Gasteiger partial charge in [0.05, 0.1) is 5.02 Å². The number of rotatable bonds is 7. The van der Waals surface area contributed by atoms with Crippen LogP contribution in [0, 0.1) is 0 Å². The van der Waals surface area contributed by atoms with Crippen molar-refractivity contribution in [3.05, 3.63) is 33.3 Å². The number of hydrogen-bond donors (Lipinski definition) is 1. The molecule has 1 rings (SSSR count). The minimum absolute atomic E-state index is 0.0803. The predicted molar refractivity (Wildman–Crippen MR) is 84.5 cm³/mol. The summed E-state index contributed by atoms with van der Waals surface area (Å²) in [5, 5.41) is 4.04. The highest BCUT2D eigenvalue weighted by Crippen LogP contribution is 2.32. The molecule has 0 saturated carbocycles. The Hall–Kier alpha value is -0.100. The maximum Gasteiger partial charge on any atom is 0.147 e. The molecule has 1 aromatic carbocycles. The maximum absolute atomic E-state index is 11.2. The largest absolute Gasteiger partial charge is 0.310 e. The Morgan fingerprint density at radius 3 is 2.68 bits per heavy atom. The molecule has 19 heavy (non-hydrogen) atoms. The molecule has 108 valence electrons. The summed E-state index contributed by atoms with van der Waals surface area (Å²) in [4.78, 5) is 0. The highest BCUT2D eigenvalue weighted by atomic mass is 79.9. The summed E-state index contributed by atoms with van der Waals surface area (Å²) < 4.78 is 23.2. The van der Waals surface area contributed by atoms with Gasteiger partial charge in [-0.05, 0) is 46.9 Å². The predicted octanol–water partition coefficient (Wildman–Crippen LogP) is 3.58. The van der Waals surface area contributed by atoms with E-state index in [4.69, 9.17) is 11.6 Å². The van der Waals surface area contributed by atoms with Gasteiger partial charge in [-0.3, -0.25) is 0 Å². The van der Waals surface area contributed by atoms with Crippen LogP contribution in [0.5, 0.6) is 0 Å². The quantitative estimate of drug-likeness (QED) is 0.800. The highest BCUT2D eigenvalue weighted by molar-refractivity contribution is 9.10. The molecule has 0 spiro atoms. The second kappa shape index (κ2) is 7.62. The molecule has 1 unspecified atom stereocenters. The Morgan fingerprint density at radius 2 is 2.11 bits per heavy atom. The molecule has 0 aliphatic heterocycles. The van der Waals surface area contributed by atoms with Crippen molar-refractivity contribution in [3.8, 4) is 0 Å². The van der Waals surface area contributed by atoms with E-state index in [1.807, 2.05) is 25.1 Å². The first-order chi connectivity index (χ1) is 8.85. The summed E-state index contributed by atoms with van der Waals surface area (Å²) in [6.07, 6.45) is 2.64. The highest BCUT2D eigenvalue weighted by Gasteiger charge is 2.16. The fourth-order valence-corrected chi connectivity index (χ4v) is 3.28. The van der Waals surface area contributed by atoms with Crippen molar-refractivity contribution in [1.82, 2.24) is 5.32 Å². The molecule has 0 heterocycles. The standard InChI is InChI=1S/C13H19BrClNO2S/c1-3-16-12(8-5-9-19(2,17)18)10-6-4-7-11(14)13(10)15/h4,6-7,12,16H,3,5,8-9H2,1-2H3. The maximum atomic E-state index is 11.2. The van der Waals surface area contributed by atoms with Gasteiger partial charge < -0.3 is 5.32 Å². The molecule has 6 heteroatoms. The van der Waals surface area contributed by atoms with E-state index in [0.717, 1.165) is 23.0 Å². The van der Waals surface area contributed by atoms with Crippen molar-refractivity contribution < 1.29 is 8.42 Å². The van der Waals surface area contributed by atoms with E-state index < -0.39 is 9.84 Å². The van der Waals surface area contributed by atoms with E-state index in [0.29, 0.717) is 11.4 Å². The molecule has 0 aliphatic carbocycles. The van der Waals surface area contributed by atoms with E-state index >= 15 is 0 Å². The molecule has 1 atom stereocenters. The molecule has 0 fully saturated rings. The summed E-state index contributed by atoms with van der Waals surface area (Å²) >= 11 is 9.70. The number of nitrogens with one attached hydrogen (secondary N) is 1. The molecule has 0 aromatic heterocycles. The molecule has 0 saturated heterocycles. The van der Waals surface area contributed by atoms with Gasteiger partial charge in [0, 0.05) is 22.5 Å². The first kappa shape index (κ1) is 17.0. The van der Waals surface area contributed by atoms with Crippen LogP contribution in [0.25, 0.3) is 0 Å². The smallest absolute Gasteiger partial charge is 0.147 e. The van der Waals surface area contributed by atoms with Crippen LogP contribution in [-0.4, -0.2) is 27.0 Å². The molecule has 0 bridgehead atoms. The van der Waals surface area contributed by atoms with Crippen molar-refractivity contribution in [1.29, 1.82) is 0 Å². The minimum atomic E-state index is -2.91. The number of halogens is 2. The molecule has 0 radical (unpaired) electrons. The van der Waals surface area contributed by atoms with Crippen molar-refractivity contribution in [2.24, 2.45) is 0 Å². The summed E-state index contributed by atoms with van der Waals surface area (Å²) in [6, 6.07) is 5.88. The number of sulfone groups is 1. The third-order valence-electron chi connectivity index (χ3n) is 2.82. The van der Waals surface area contributed by atoms with Crippen molar-refractivity contribution >= 4 is 37.4 Å². The normalized spacial score (nSPS) is 13.5. The minimum Gasteiger partial charge on any atom is -0.310 e. The number of benzene rings is 1. The lowest BCUT2D eigenvalue weighted by molar-refractivity contribution is 0.507. The van der Waals surface area contributed by atoms with Gasteiger partial charge in [-0.15, -0.1) is 0 Å². The lowest BCUT2D eigenvalue weighted by atomic mass is 10.0. The van der Waals surface area contributed by atoms with E-state index in [9.17, 15) is 8.42 Å². The molecule has 0 aliphatic rings. The SMILES string of the molecule is CCNC(CCCS(C)(=O)=O)c1cccc(Br)c1Cl. The Morgan fingerprint density at radius 1 is 1.42 bits per heavy atom. The summed E-state index contributed by atoms with van der Waals surface area (Å²) in [6.45, 7) is 2.84. The Labute approximate surface area is 128 Å². The summed E-state index contributed by atoms with van der Waals surface area (Å²) in [5.74, 6) is 0.209. The first-order valence-electron chi connectivity index (χ1n) is 6.20. The van der Waals surface area contributed by atoms with Gasteiger partial charge in [0.1, 0.15) is 9.84 Å². The molecule has 0 amide bonds. The van der Waals surface area contributed by atoms with Gasteiger partial charge in [-0.25, -0.2) is 8.42 Å². The Bertz CT molecular complexity index is 519. The second-order valence-electron chi connectivity index (χ2n) is 4.53. The van der Waals surface area contributed by atoms with Crippen LogP contribution in [0.3, 0.4) is 0 Å². The fourth-order valence-electron chi connectivity index (χ4n) is 1.95. The molecular weight excluding hydrogens is 350 g/mol. The molecule has 1 N–H and O–H groups in total. The van der Waals surface area contributed by atoms with Crippen molar-refractivity contribution in [2.45, 2.75) is 25.8 Å². The molecular formula is C13H19BrClNO2S. The fraction of sp³-hybridized carbons (Fsp3) is 0.538. The van der Waals surface area contributed by atoms with Gasteiger partial charge in [0.15, 0.2) is 0 Å². The zero-order valence-corrected chi connectivity index (χ0v) is 14.3. The van der Waals surface area contributed by atoms with E-state index in [1.54, 1.807) is 0 Å². The van der Waals surface area contributed by atoms with Crippen molar-refractivity contribution in [2.75, 3.05) is 18.6 Å².